The molecule has 0 spiro atoms. The van der Waals surface area contributed by atoms with E-state index in [0.717, 1.165) is 18.9 Å². The average Bonchev–Trinajstić information content (AvgIpc) is 2.37. The van der Waals surface area contributed by atoms with E-state index in [2.05, 4.69) is 11.2 Å². The molecule has 0 aliphatic carbocycles. The van der Waals surface area contributed by atoms with Crippen LogP contribution in [0.1, 0.15) is 25.3 Å². The van der Waals surface area contributed by atoms with Crippen LogP contribution < -0.4 is 0 Å². The summed E-state index contributed by atoms with van der Waals surface area (Å²) in [5.41, 5.74) is 0.447. The van der Waals surface area contributed by atoms with Crippen molar-refractivity contribution in [3.63, 3.8) is 0 Å². The quantitative estimate of drug-likeness (QED) is 0.335. The van der Waals surface area contributed by atoms with Crippen molar-refractivity contribution in [3.8, 4) is 0 Å². The summed E-state index contributed by atoms with van der Waals surface area (Å²) in [6.45, 7) is 2.10. The topological polar surface area (TPSA) is 47.9 Å². The largest absolute Gasteiger partial charge is 0.463 e. The SMILES string of the molecule is CCCCOC(=O)CON=Cc1c[c]c(F)cc1Cl. The third kappa shape index (κ3) is 6.20. The van der Waals surface area contributed by atoms with Crippen molar-refractivity contribution in [2.75, 3.05) is 13.2 Å². The summed E-state index contributed by atoms with van der Waals surface area (Å²) in [7, 11) is 0. The van der Waals surface area contributed by atoms with Crippen molar-refractivity contribution in [3.05, 3.63) is 34.6 Å². The summed E-state index contributed by atoms with van der Waals surface area (Å²) in [4.78, 5) is 15.9. The van der Waals surface area contributed by atoms with E-state index < -0.39 is 11.8 Å². The lowest BCUT2D eigenvalue weighted by molar-refractivity contribution is -0.149. The Labute approximate surface area is 116 Å². The fourth-order valence-electron chi connectivity index (χ4n) is 1.11. The molecule has 0 aliphatic heterocycles. The predicted octanol–water partition coefficient (Wildman–Crippen LogP) is 2.97. The molecule has 1 rings (SSSR count). The van der Waals surface area contributed by atoms with Gasteiger partial charge in [-0.05, 0) is 18.6 Å². The summed E-state index contributed by atoms with van der Waals surface area (Å²) in [5.74, 6) is -1.04. The first-order chi connectivity index (χ1) is 9.13. The molecular weight excluding hydrogens is 273 g/mol. The van der Waals surface area contributed by atoms with Crippen molar-refractivity contribution in [1.82, 2.24) is 0 Å². The van der Waals surface area contributed by atoms with Crippen LogP contribution >= 0.6 is 11.6 Å². The molecule has 103 valence electrons. The lowest BCUT2D eigenvalue weighted by atomic mass is 10.2. The van der Waals surface area contributed by atoms with Crippen LogP contribution in [0.5, 0.6) is 0 Å². The van der Waals surface area contributed by atoms with Crippen LogP contribution in [0.15, 0.2) is 17.3 Å². The third-order valence-electron chi connectivity index (χ3n) is 2.10. The van der Waals surface area contributed by atoms with E-state index in [1.807, 2.05) is 6.92 Å². The van der Waals surface area contributed by atoms with Gasteiger partial charge in [0.05, 0.1) is 17.8 Å². The first-order valence-corrected chi connectivity index (χ1v) is 6.19. The molecule has 1 aromatic carbocycles. The van der Waals surface area contributed by atoms with E-state index >= 15 is 0 Å². The number of nitrogens with zero attached hydrogens (tertiary/aromatic N) is 1. The minimum Gasteiger partial charge on any atom is -0.463 e. The van der Waals surface area contributed by atoms with Gasteiger partial charge in [0.15, 0.2) is 0 Å². The minimum atomic E-state index is -0.553. The maximum Gasteiger partial charge on any atom is 0.347 e. The Bertz CT molecular complexity index is 452. The third-order valence-corrected chi connectivity index (χ3v) is 2.43. The Morgan fingerprint density at radius 2 is 2.42 bits per heavy atom. The zero-order valence-electron chi connectivity index (χ0n) is 10.5. The Morgan fingerprint density at radius 3 is 3.11 bits per heavy atom. The molecule has 1 radical (unpaired) electrons. The van der Waals surface area contributed by atoms with Gasteiger partial charge in [0.1, 0.15) is 5.82 Å². The highest BCUT2D eigenvalue weighted by molar-refractivity contribution is 6.33. The molecule has 0 saturated heterocycles. The maximum atomic E-state index is 12.7. The molecule has 0 atom stereocenters. The van der Waals surface area contributed by atoms with E-state index in [-0.39, 0.29) is 11.6 Å². The van der Waals surface area contributed by atoms with Crippen LogP contribution in [-0.2, 0) is 14.4 Å². The number of hydrogen-bond donors (Lipinski definition) is 0. The highest BCUT2D eigenvalue weighted by atomic mass is 35.5. The molecule has 0 aliphatic rings. The van der Waals surface area contributed by atoms with Crippen LogP contribution in [0.3, 0.4) is 0 Å². The number of unbranched alkanes of at least 4 members (excludes halogenated alkanes) is 1. The molecule has 6 heteroatoms. The van der Waals surface area contributed by atoms with Crippen LogP contribution in [-0.4, -0.2) is 25.4 Å². The molecule has 0 fully saturated rings. The number of ether oxygens (including phenoxy) is 1. The molecule has 0 unspecified atom stereocenters. The number of rotatable bonds is 7. The van der Waals surface area contributed by atoms with Crippen molar-refractivity contribution in [2.24, 2.45) is 5.16 Å². The molecular formula is C13H14ClFNO3. The summed E-state index contributed by atoms with van der Waals surface area (Å²) >= 11 is 5.76. The molecule has 4 nitrogen and oxygen atoms in total. The zero-order chi connectivity index (χ0) is 14.1. The molecule has 0 bridgehead atoms. The van der Waals surface area contributed by atoms with Crippen molar-refractivity contribution >= 4 is 23.8 Å². The summed E-state index contributed by atoms with van der Waals surface area (Å²) in [6, 6.07) is 4.79. The Balaban J connectivity index is 2.32. The maximum absolute atomic E-state index is 12.7. The molecule has 0 aromatic heterocycles. The van der Waals surface area contributed by atoms with Crippen LogP contribution in [0.2, 0.25) is 5.02 Å². The zero-order valence-corrected chi connectivity index (χ0v) is 11.2. The molecule has 0 N–H and O–H groups in total. The van der Waals surface area contributed by atoms with E-state index in [1.165, 1.54) is 12.3 Å². The van der Waals surface area contributed by atoms with Gasteiger partial charge in [-0.25, -0.2) is 9.18 Å². The summed E-state index contributed by atoms with van der Waals surface area (Å²) < 4.78 is 17.6. The van der Waals surface area contributed by atoms with Gasteiger partial charge in [-0.2, -0.15) is 0 Å². The van der Waals surface area contributed by atoms with Crippen molar-refractivity contribution < 1.29 is 18.8 Å². The highest BCUT2D eigenvalue weighted by Gasteiger charge is 2.03. The molecule has 0 heterocycles. The number of benzene rings is 1. The number of oxime groups is 1. The molecule has 0 saturated carbocycles. The average molecular weight is 287 g/mol. The lowest BCUT2D eigenvalue weighted by Crippen LogP contribution is -2.11. The summed E-state index contributed by atoms with van der Waals surface area (Å²) in [5, 5.41) is 3.74. The van der Waals surface area contributed by atoms with Crippen LogP contribution in [0.25, 0.3) is 0 Å². The first-order valence-electron chi connectivity index (χ1n) is 5.81. The standard InChI is InChI=1S/C13H14ClFNO3/c1-2-3-6-18-13(17)9-19-16-8-10-4-5-11(15)7-12(10)14/h4,7-8H,2-3,6,9H2,1H3. The number of halogens is 2. The Hall–Kier alpha value is -1.62. The summed E-state index contributed by atoms with van der Waals surface area (Å²) in [6.07, 6.45) is 3.04. The second-order valence-corrected chi connectivity index (χ2v) is 4.07. The first kappa shape index (κ1) is 15.4. The monoisotopic (exact) mass is 286 g/mol. The number of hydrogen-bond acceptors (Lipinski definition) is 4. The number of esters is 1. The van der Waals surface area contributed by atoms with Gasteiger partial charge in [0.2, 0.25) is 6.61 Å². The number of carbonyl (C=O) groups is 1. The molecule has 0 amide bonds. The number of carbonyl (C=O) groups excluding carboxylic acids is 1. The second-order valence-electron chi connectivity index (χ2n) is 3.67. The lowest BCUT2D eigenvalue weighted by Gasteiger charge is -2.02. The van der Waals surface area contributed by atoms with Crippen LogP contribution in [0, 0.1) is 11.9 Å². The van der Waals surface area contributed by atoms with Gasteiger partial charge >= 0.3 is 5.97 Å². The predicted molar refractivity (Wildman–Crippen MR) is 69.7 cm³/mol. The fraction of sp³-hybridized carbons (Fsp3) is 0.385. The van der Waals surface area contributed by atoms with Crippen molar-refractivity contribution in [2.45, 2.75) is 19.8 Å². The van der Waals surface area contributed by atoms with Gasteiger partial charge < -0.3 is 9.57 Å². The molecule has 1 aromatic rings. The normalized spacial score (nSPS) is 10.7. The van der Waals surface area contributed by atoms with Gasteiger partial charge in [0.25, 0.3) is 0 Å². The second kappa shape index (κ2) is 8.48. The molecule has 19 heavy (non-hydrogen) atoms. The fourth-order valence-corrected chi connectivity index (χ4v) is 1.31. The van der Waals surface area contributed by atoms with Gasteiger partial charge in [-0.15, -0.1) is 0 Å². The van der Waals surface area contributed by atoms with Gasteiger partial charge in [0, 0.05) is 11.6 Å². The van der Waals surface area contributed by atoms with E-state index in [4.69, 9.17) is 21.2 Å². The highest BCUT2D eigenvalue weighted by Crippen LogP contribution is 2.14. The van der Waals surface area contributed by atoms with Gasteiger partial charge in [-0.1, -0.05) is 30.1 Å². The van der Waals surface area contributed by atoms with E-state index in [9.17, 15) is 9.18 Å². The van der Waals surface area contributed by atoms with Gasteiger partial charge in [-0.3, -0.25) is 0 Å². The Morgan fingerprint density at radius 1 is 1.63 bits per heavy atom. The van der Waals surface area contributed by atoms with E-state index in [0.29, 0.717) is 12.2 Å². The smallest absolute Gasteiger partial charge is 0.347 e. The van der Waals surface area contributed by atoms with E-state index in [1.54, 1.807) is 0 Å². The Kier molecular flexibility index (Phi) is 6.89. The van der Waals surface area contributed by atoms with Crippen molar-refractivity contribution in [1.29, 1.82) is 0 Å². The minimum absolute atomic E-state index is 0.189. The van der Waals surface area contributed by atoms with Crippen LogP contribution in [0.4, 0.5) is 4.39 Å².